The lowest BCUT2D eigenvalue weighted by molar-refractivity contribution is -0.138. The van der Waals surface area contributed by atoms with Crippen molar-refractivity contribution < 1.29 is 13.2 Å². The summed E-state index contributed by atoms with van der Waals surface area (Å²) in [5.74, 6) is 0.921. The van der Waals surface area contributed by atoms with E-state index in [0.29, 0.717) is 36.6 Å². The molecule has 3 aromatic rings. The number of piperidine rings is 1. The molecule has 1 fully saturated rings. The van der Waals surface area contributed by atoms with Gasteiger partial charge in [-0.05, 0) is 36.1 Å². The molecule has 2 aliphatic rings. The van der Waals surface area contributed by atoms with Gasteiger partial charge in [-0.1, -0.05) is 18.2 Å². The van der Waals surface area contributed by atoms with E-state index in [1.54, 1.807) is 30.6 Å². The van der Waals surface area contributed by atoms with E-state index in [1.807, 2.05) is 10.6 Å². The molecule has 30 heavy (non-hydrogen) atoms. The minimum Gasteiger partial charge on any atom is -0.344 e. The molecule has 0 radical (unpaired) electrons. The number of benzene rings is 1. The summed E-state index contributed by atoms with van der Waals surface area (Å²) in [7, 11) is 0. The van der Waals surface area contributed by atoms with Gasteiger partial charge >= 0.3 is 6.18 Å². The van der Waals surface area contributed by atoms with Gasteiger partial charge in [0.2, 0.25) is 0 Å². The Morgan fingerprint density at radius 2 is 1.93 bits per heavy atom. The number of hydrogen-bond acceptors (Lipinski definition) is 3. The van der Waals surface area contributed by atoms with E-state index in [0.717, 1.165) is 18.2 Å². The van der Waals surface area contributed by atoms with Crippen LogP contribution in [-0.2, 0) is 19.3 Å². The highest BCUT2D eigenvalue weighted by atomic mass is 19.4. The van der Waals surface area contributed by atoms with Crippen LogP contribution in [0.2, 0.25) is 0 Å². The van der Waals surface area contributed by atoms with Gasteiger partial charge in [0.15, 0.2) is 0 Å². The van der Waals surface area contributed by atoms with Gasteiger partial charge in [-0.15, -0.1) is 0 Å². The van der Waals surface area contributed by atoms with Crippen molar-refractivity contribution in [3.8, 4) is 11.4 Å². The van der Waals surface area contributed by atoms with Crippen molar-refractivity contribution in [1.29, 1.82) is 0 Å². The number of aromatic amines is 1. The number of alkyl halides is 3. The van der Waals surface area contributed by atoms with Crippen LogP contribution in [0.15, 0.2) is 53.6 Å². The number of pyridine rings is 1. The standard InChI is InChI=1S/C22H21F3N4O/c23-22(24,25)18-4-2-1-3-15(18)12-28-10-14-9-16(13-28)19-6-5-17(20-26-7-8-27-20)21(30)29(19)11-14/h1-8,14,16H,9-13H2,(H,26,27)/t14-,16+/m0/s1. The number of halogens is 3. The first-order chi connectivity index (χ1) is 14.4. The maximum atomic E-state index is 13.4. The van der Waals surface area contributed by atoms with E-state index >= 15 is 0 Å². The fraction of sp³-hybridized carbons (Fsp3) is 0.364. The van der Waals surface area contributed by atoms with Crippen LogP contribution in [0.25, 0.3) is 11.4 Å². The van der Waals surface area contributed by atoms with Crippen molar-refractivity contribution in [3.63, 3.8) is 0 Å². The van der Waals surface area contributed by atoms with E-state index < -0.39 is 11.7 Å². The van der Waals surface area contributed by atoms with Crippen LogP contribution < -0.4 is 5.56 Å². The Labute approximate surface area is 171 Å². The number of hydrogen-bond donors (Lipinski definition) is 1. The molecule has 2 bridgehead atoms. The summed E-state index contributed by atoms with van der Waals surface area (Å²) in [5.41, 5.74) is 1.17. The number of fused-ring (bicyclic) bond motifs is 4. The van der Waals surface area contributed by atoms with Crippen LogP contribution in [0.4, 0.5) is 13.2 Å². The second kappa shape index (κ2) is 7.12. The van der Waals surface area contributed by atoms with Crippen molar-refractivity contribution in [3.05, 3.63) is 76.0 Å². The summed E-state index contributed by atoms with van der Waals surface area (Å²) in [6.07, 6.45) is -0.101. The number of nitrogens with zero attached hydrogens (tertiary/aromatic N) is 3. The number of aromatic nitrogens is 3. The van der Waals surface area contributed by atoms with Crippen LogP contribution in [0.1, 0.15) is 29.2 Å². The number of rotatable bonds is 3. The average molecular weight is 414 g/mol. The molecule has 2 atom stereocenters. The molecule has 0 unspecified atom stereocenters. The highest BCUT2D eigenvalue weighted by molar-refractivity contribution is 5.53. The van der Waals surface area contributed by atoms with Crippen LogP contribution in [0.5, 0.6) is 0 Å². The molecular weight excluding hydrogens is 393 g/mol. The Morgan fingerprint density at radius 1 is 1.10 bits per heavy atom. The van der Waals surface area contributed by atoms with Crippen LogP contribution >= 0.6 is 0 Å². The second-order valence-electron chi connectivity index (χ2n) is 8.17. The topological polar surface area (TPSA) is 53.9 Å². The van der Waals surface area contributed by atoms with Crippen molar-refractivity contribution >= 4 is 0 Å². The summed E-state index contributed by atoms with van der Waals surface area (Å²) in [6.45, 7) is 2.16. The van der Waals surface area contributed by atoms with Crippen molar-refractivity contribution in [2.75, 3.05) is 13.1 Å². The lowest BCUT2D eigenvalue weighted by Crippen LogP contribution is -2.47. The van der Waals surface area contributed by atoms with Gasteiger partial charge in [-0.3, -0.25) is 9.69 Å². The van der Waals surface area contributed by atoms with E-state index in [9.17, 15) is 18.0 Å². The van der Waals surface area contributed by atoms with Crippen molar-refractivity contribution in [2.24, 2.45) is 5.92 Å². The predicted molar refractivity (Wildman–Crippen MR) is 106 cm³/mol. The summed E-state index contributed by atoms with van der Waals surface area (Å²) in [5, 5.41) is 0. The Balaban J connectivity index is 1.42. The Bertz CT molecular complexity index is 1120. The molecule has 5 rings (SSSR count). The monoisotopic (exact) mass is 414 g/mol. The highest BCUT2D eigenvalue weighted by Crippen LogP contribution is 2.37. The molecule has 5 nitrogen and oxygen atoms in total. The molecule has 0 aliphatic carbocycles. The lowest BCUT2D eigenvalue weighted by Gasteiger charge is -2.43. The van der Waals surface area contributed by atoms with E-state index in [4.69, 9.17) is 0 Å². The van der Waals surface area contributed by atoms with Crippen molar-refractivity contribution in [2.45, 2.75) is 31.6 Å². The fourth-order valence-electron chi connectivity index (χ4n) is 4.94. The van der Waals surface area contributed by atoms with Gasteiger partial charge in [0.25, 0.3) is 5.56 Å². The molecule has 2 aromatic heterocycles. The molecular formula is C22H21F3N4O. The summed E-state index contributed by atoms with van der Waals surface area (Å²) in [4.78, 5) is 22.3. The zero-order chi connectivity index (χ0) is 20.9. The van der Waals surface area contributed by atoms with Gasteiger partial charge in [-0.2, -0.15) is 13.2 Å². The Morgan fingerprint density at radius 3 is 2.70 bits per heavy atom. The fourth-order valence-corrected chi connectivity index (χ4v) is 4.94. The maximum absolute atomic E-state index is 13.4. The third kappa shape index (κ3) is 3.35. The van der Waals surface area contributed by atoms with E-state index in [2.05, 4.69) is 14.9 Å². The summed E-state index contributed by atoms with van der Waals surface area (Å²) in [6, 6.07) is 9.54. The van der Waals surface area contributed by atoms with Crippen LogP contribution in [0, 0.1) is 5.92 Å². The summed E-state index contributed by atoms with van der Waals surface area (Å²) < 4.78 is 41.9. The molecule has 0 amide bonds. The summed E-state index contributed by atoms with van der Waals surface area (Å²) >= 11 is 0. The molecule has 0 saturated carbocycles. The van der Waals surface area contributed by atoms with Gasteiger partial charge in [0.05, 0.1) is 11.1 Å². The van der Waals surface area contributed by atoms with Gasteiger partial charge in [0.1, 0.15) is 5.82 Å². The number of H-pyrrole nitrogens is 1. The lowest BCUT2D eigenvalue weighted by atomic mass is 9.82. The first-order valence-electron chi connectivity index (χ1n) is 10.0. The minimum absolute atomic E-state index is 0.0620. The maximum Gasteiger partial charge on any atom is 0.416 e. The van der Waals surface area contributed by atoms with Crippen LogP contribution in [0.3, 0.4) is 0 Å². The normalized spacial score (nSPS) is 21.4. The van der Waals surface area contributed by atoms with Gasteiger partial charge in [-0.25, -0.2) is 4.98 Å². The molecule has 8 heteroatoms. The first-order valence-corrected chi connectivity index (χ1v) is 10.0. The zero-order valence-corrected chi connectivity index (χ0v) is 16.2. The average Bonchev–Trinajstić information content (AvgIpc) is 3.23. The van der Waals surface area contributed by atoms with Gasteiger partial charge in [0, 0.05) is 50.2 Å². The smallest absolute Gasteiger partial charge is 0.344 e. The molecule has 1 N–H and O–H groups in total. The van der Waals surface area contributed by atoms with Gasteiger partial charge < -0.3 is 9.55 Å². The molecule has 4 heterocycles. The molecule has 1 aromatic carbocycles. The van der Waals surface area contributed by atoms with E-state index in [-0.39, 0.29) is 23.9 Å². The highest BCUT2D eigenvalue weighted by Gasteiger charge is 2.37. The van der Waals surface area contributed by atoms with Crippen molar-refractivity contribution in [1.82, 2.24) is 19.4 Å². The Hall–Kier alpha value is -2.87. The SMILES string of the molecule is O=c1c(-c2ncc[nH]2)ccc2n1C[C@H]1C[C@@H]2CN(Cc2ccccc2C(F)(F)F)C1. The predicted octanol–water partition coefficient (Wildman–Crippen LogP) is 3.88. The quantitative estimate of drug-likeness (QED) is 0.708. The minimum atomic E-state index is -4.36. The largest absolute Gasteiger partial charge is 0.416 e. The number of nitrogens with one attached hydrogen (secondary N) is 1. The zero-order valence-electron chi connectivity index (χ0n) is 16.2. The molecule has 1 saturated heterocycles. The van der Waals surface area contributed by atoms with E-state index in [1.165, 1.54) is 6.07 Å². The van der Waals surface area contributed by atoms with Crippen LogP contribution in [-0.4, -0.2) is 32.5 Å². The molecule has 0 spiro atoms. The first kappa shape index (κ1) is 19.1. The second-order valence-corrected chi connectivity index (χ2v) is 8.17. The molecule has 2 aliphatic heterocycles. The third-order valence-corrected chi connectivity index (χ3v) is 6.15. The number of likely N-dealkylation sites (tertiary alicyclic amines) is 1. The molecule has 156 valence electrons. The third-order valence-electron chi connectivity index (χ3n) is 6.15. The number of imidazole rings is 1. The Kier molecular flexibility index (Phi) is 4.54.